The highest BCUT2D eigenvalue weighted by Gasteiger charge is 2.26. The molecular formula is C24H31N3O5S. The molecule has 2 fully saturated rings. The van der Waals surface area contributed by atoms with E-state index in [0.29, 0.717) is 38.4 Å². The summed E-state index contributed by atoms with van der Waals surface area (Å²) in [5.41, 5.74) is 2.65. The molecule has 1 unspecified atom stereocenters. The highest BCUT2D eigenvalue weighted by atomic mass is 32.2. The predicted molar refractivity (Wildman–Crippen MR) is 124 cm³/mol. The van der Waals surface area contributed by atoms with E-state index in [1.807, 2.05) is 12.1 Å². The molecule has 178 valence electrons. The van der Waals surface area contributed by atoms with Crippen LogP contribution in [0.25, 0.3) is 0 Å². The lowest BCUT2D eigenvalue weighted by molar-refractivity contribution is -0.0212. The number of hydrogen-bond donors (Lipinski definition) is 1. The minimum atomic E-state index is -3.57. The summed E-state index contributed by atoms with van der Waals surface area (Å²) < 4.78 is 37.7. The second-order valence-corrected chi connectivity index (χ2v) is 10.4. The van der Waals surface area contributed by atoms with Crippen LogP contribution in [0.4, 0.5) is 0 Å². The van der Waals surface area contributed by atoms with Gasteiger partial charge >= 0.3 is 0 Å². The Balaban J connectivity index is 1.33. The van der Waals surface area contributed by atoms with Crippen molar-refractivity contribution in [3.8, 4) is 0 Å². The second kappa shape index (κ2) is 10.8. The number of morpholine rings is 2. The Labute approximate surface area is 195 Å². The van der Waals surface area contributed by atoms with Crippen molar-refractivity contribution in [2.45, 2.75) is 31.0 Å². The van der Waals surface area contributed by atoms with Gasteiger partial charge in [-0.05, 0) is 42.3 Å². The van der Waals surface area contributed by atoms with Gasteiger partial charge in [0.2, 0.25) is 10.0 Å². The van der Waals surface area contributed by atoms with Gasteiger partial charge in [-0.1, -0.05) is 24.3 Å². The largest absolute Gasteiger partial charge is 0.379 e. The van der Waals surface area contributed by atoms with Crippen molar-refractivity contribution in [1.82, 2.24) is 14.5 Å². The van der Waals surface area contributed by atoms with Crippen molar-refractivity contribution in [1.29, 1.82) is 0 Å². The zero-order valence-electron chi connectivity index (χ0n) is 18.9. The van der Waals surface area contributed by atoms with Gasteiger partial charge < -0.3 is 14.8 Å². The summed E-state index contributed by atoms with van der Waals surface area (Å²) in [6.07, 6.45) is 0.247. The van der Waals surface area contributed by atoms with E-state index in [2.05, 4.69) is 29.3 Å². The lowest BCUT2D eigenvalue weighted by Gasteiger charge is -2.31. The van der Waals surface area contributed by atoms with Crippen molar-refractivity contribution in [3.63, 3.8) is 0 Å². The lowest BCUT2D eigenvalue weighted by Crippen LogP contribution is -2.40. The van der Waals surface area contributed by atoms with E-state index < -0.39 is 10.0 Å². The molecule has 4 rings (SSSR count). The molecule has 2 aliphatic rings. The second-order valence-electron chi connectivity index (χ2n) is 8.46. The fourth-order valence-corrected chi connectivity index (χ4v) is 5.54. The Morgan fingerprint density at radius 2 is 1.76 bits per heavy atom. The molecule has 33 heavy (non-hydrogen) atoms. The molecule has 1 amide bonds. The highest BCUT2D eigenvalue weighted by Crippen LogP contribution is 2.18. The molecule has 2 saturated heterocycles. The number of ether oxygens (including phenoxy) is 2. The van der Waals surface area contributed by atoms with Gasteiger partial charge in [0, 0.05) is 44.8 Å². The minimum absolute atomic E-state index is 0.186. The van der Waals surface area contributed by atoms with E-state index in [1.165, 1.54) is 22.0 Å². The SMILES string of the molecule is CC1CN(Cc2cccc(CNC(=O)c3ccc(S(=O)(=O)N4CCOCC4)cc3)c2)CCO1. The third kappa shape index (κ3) is 6.18. The molecule has 0 radical (unpaired) electrons. The quantitative estimate of drug-likeness (QED) is 0.661. The average molecular weight is 474 g/mol. The van der Waals surface area contributed by atoms with Crippen LogP contribution in [-0.4, -0.2) is 75.6 Å². The van der Waals surface area contributed by atoms with Crippen LogP contribution >= 0.6 is 0 Å². The fourth-order valence-electron chi connectivity index (χ4n) is 4.13. The zero-order valence-corrected chi connectivity index (χ0v) is 19.7. The van der Waals surface area contributed by atoms with Crippen molar-refractivity contribution in [2.24, 2.45) is 0 Å². The number of sulfonamides is 1. The van der Waals surface area contributed by atoms with Crippen molar-refractivity contribution in [2.75, 3.05) is 46.0 Å². The van der Waals surface area contributed by atoms with Gasteiger partial charge in [0.05, 0.1) is 30.8 Å². The van der Waals surface area contributed by atoms with Crippen LogP contribution < -0.4 is 5.32 Å². The normalized spacial score (nSPS) is 20.5. The van der Waals surface area contributed by atoms with E-state index in [-0.39, 0.29) is 16.9 Å². The number of nitrogens with one attached hydrogen (secondary N) is 1. The lowest BCUT2D eigenvalue weighted by atomic mass is 10.1. The third-order valence-electron chi connectivity index (χ3n) is 5.90. The van der Waals surface area contributed by atoms with Crippen molar-refractivity contribution >= 4 is 15.9 Å². The molecule has 1 N–H and O–H groups in total. The molecule has 0 bridgehead atoms. The van der Waals surface area contributed by atoms with E-state index in [1.54, 1.807) is 12.1 Å². The average Bonchev–Trinajstić information content (AvgIpc) is 2.83. The summed E-state index contributed by atoms with van der Waals surface area (Å²) in [4.78, 5) is 15.2. The van der Waals surface area contributed by atoms with Crippen molar-refractivity contribution in [3.05, 3.63) is 65.2 Å². The van der Waals surface area contributed by atoms with Gasteiger partial charge in [-0.3, -0.25) is 9.69 Å². The third-order valence-corrected chi connectivity index (χ3v) is 7.81. The standard InChI is InChI=1S/C24H31N3O5S/c1-19-17-26(9-14-32-19)18-21-4-2-3-20(15-21)16-25-24(28)22-5-7-23(8-6-22)33(29,30)27-10-12-31-13-11-27/h2-8,15,19H,9-14,16-18H2,1H3,(H,25,28). The molecule has 0 saturated carbocycles. The topological polar surface area (TPSA) is 88.2 Å². The molecular weight excluding hydrogens is 442 g/mol. The monoisotopic (exact) mass is 473 g/mol. The molecule has 8 nitrogen and oxygen atoms in total. The van der Waals surface area contributed by atoms with Gasteiger partial charge in [-0.2, -0.15) is 4.31 Å². The summed E-state index contributed by atoms with van der Waals surface area (Å²) in [7, 11) is -3.57. The molecule has 2 aromatic carbocycles. The van der Waals surface area contributed by atoms with Crippen LogP contribution in [0.5, 0.6) is 0 Å². The number of amides is 1. The van der Waals surface area contributed by atoms with Crippen LogP contribution in [0.2, 0.25) is 0 Å². The predicted octanol–water partition coefficient (Wildman–Crippen LogP) is 1.86. The maximum absolute atomic E-state index is 12.7. The van der Waals surface area contributed by atoms with E-state index >= 15 is 0 Å². The van der Waals surface area contributed by atoms with Gasteiger partial charge in [0.15, 0.2) is 0 Å². The Morgan fingerprint density at radius 3 is 2.48 bits per heavy atom. The Morgan fingerprint density at radius 1 is 1.03 bits per heavy atom. The van der Waals surface area contributed by atoms with E-state index in [0.717, 1.165) is 31.8 Å². The maximum Gasteiger partial charge on any atom is 0.251 e. The molecule has 0 aliphatic carbocycles. The van der Waals surface area contributed by atoms with Crippen LogP contribution in [-0.2, 0) is 32.6 Å². The smallest absolute Gasteiger partial charge is 0.251 e. The Bertz CT molecular complexity index is 1050. The zero-order chi connectivity index (χ0) is 23.3. The minimum Gasteiger partial charge on any atom is -0.379 e. The summed E-state index contributed by atoms with van der Waals surface area (Å²) in [6, 6.07) is 14.3. The molecule has 0 spiro atoms. The molecule has 9 heteroatoms. The first-order chi connectivity index (χ1) is 15.9. The highest BCUT2D eigenvalue weighted by molar-refractivity contribution is 7.89. The van der Waals surface area contributed by atoms with E-state index in [9.17, 15) is 13.2 Å². The number of nitrogens with zero attached hydrogens (tertiary/aromatic N) is 2. The van der Waals surface area contributed by atoms with Gasteiger partial charge in [-0.15, -0.1) is 0 Å². The van der Waals surface area contributed by atoms with Gasteiger partial charge in [0.25, 0.3) is 5.91 Å². The fraction of sp³-hybridized carbons (Fsp3) is 0.458. The molecule has 2 aliphatic heterocycles. The molecule has 2 aromatic rings. The summed E-state index contributed by atoms with van der Waals surface area (Å²) in [5, 5.41) is 2.93. The number of carbonyl (C=O) groups excluding carboxylic acids is 1. The summed E-state index contributed by atoms with van der Waals surface area (Å²) in [6.45, 7) is 7.41. The first kappa shape index (κ1) is 23.8. The van der Waals surface area contributed by atoms with Gasteiger partial charge in [-0.25, -0.2) is 8.42 Å². The van der Waals surface area contributed by atoms with Crippen molar-refractivity contribution < 1.29 is 22.7 Å². The first-order valence-electron chi connectivity index (χ1n) is 11.3. The Hall–Kier alpha value is -2.30. The van der Waals surface area contributed by atoms with Crippen LogP contribution in [0, 0.1) is 0 Å². The Kier molecular flexibility index (Phi) is 7.77. The van der Waals surface area contributed by atoms with Crippen LogP contribution in [0.1, 0.15) is 28.4 Å². The van der Waals surface area contributed by atoms with Gasteiger partial charge in [0.1, 0.15) is 0 Å². The number of rotatable bonds is 7. The maximum atomic E-state index is 12.7. The first-order valence-corrected chi connectivity index (χ1v) is 12.7. The molecule has 1 atom stereocenters. The number of benzene rings is 2. The summed E-state index contributed by atoms with van der Waals surface area (Å²) in [5.74, 6) is -0.238. The summed E-state index contributed by atoms with van der Waals surface area (Å²) >= 11 is 0. The van der Waals surface area contributed by atoms with E-state index in [4.69, 9.17) is 9.47 Å². The molecule has 0 aromatic heterocycles. The number of hydrogen-bond acceptors (Lipinski definition) is 6. The van der Waals surface area contributed by atoms with Crippen LogP contribution in [0.15, 0.2) is 53.4 Å². The molecule has 2 heterocycles. The number of carbonyl (C=O) groups is 1. The van der Waals surface area contributed by atoms with Crippen LogP contribution in [0.3, 0.4) is 0 Å².